The van der Waals surface area contributed by atoms with Crippen molar-refractivity contribution in [1.29, 1.82) is 0 Å². The fourth-order valence-electron chi connectivity index (χ4n) is 3.06. The van der Waals surface area contributed by atoms with Gasteiger partial charge in [-0.25, -0.2) is 8.42 Å². The second kappa shape index (κ2) is 6.66. The monoisotopic (exact) mass is 313 g/mol. The molecule has 2 rings (SSSR count). The molecule has 0 radical (unpaired) electrons. The van der Waals surface area contributed by atoms with Crippen LogP contribution in [0.15, 0.2) is 18.2 Å². The Kier molecular flexibility index (Phi) is 5.11. The molecule has 5 nitrogen and oxygen atoms in total. The van der Waals surface area contributed by atoms with Crippen LogP contribution in [0.2, 0.25) is 0 Å². The molecule has 1 aliphatic rings. The lowest BCUT2D eigenvalue weighted by Crippen LogP contribution is -2.39. The van der Waals surface area contributed by atoms with Gasteiger partial charge >= 0.3 is 0 Å². The van der Waals surface area contributed by atoms with Crippen molar-refractivity contribution in [1.82, 2.24) is 5.32 Å². The highest BCUT2D eigenvalue weighted by Gasteiger charge is 2.38. The zero-order valence-corrected chi connectivity index (χ0v) is 13.6. The molecular formula is C15H23NO4S. The second-order valence-corrected chi connectivity index (χ2v) is 7.58. The van der Waals surface area contributed by atoms with Crippen molar-refractivity contribution in [2.75, 3.05) is 27.0 Å². The maximum atomic E-state index is 12.4. The van der Waals surface area contributed by atoms with Crippen LogP contribution in [0, 0.1) is 0 Å². The molecule has 1 aliphatic heterocycles. The van der Waals surface area contributed by atoms with Crippen LogP contribution in [-0.2, 0) is 9.84 Å². The van der Waals surface area contributed by atoms with E-state index in [0.29, 0.717) is 17.9 Å². The summed E-state index contributed by atoms with van der Waals surface area (Å²) in [5, 5.41) is 2.71. The van der Waals surface area contributed by atoms with Crippen molar-refractivity contribution in [2.24, 2.45) is 0 Å². The van der Waals surface area contributed by atoms with E-state index in [1.807, 2.05) is 18.2 Å². The van der Waals surface area contributed by atoms with E-state index in [1.165, 1.54) is 0 Å². The van der Waals surface area contributed by atoms with Gasteiger partial charge in [0.05, 0.1) is 36.8 Å². The first kappa shape index (κ1) is 16.1. The molecule has 1 aromatic carbocycles. The molecule has 0 saturated carbocycles. The molecule has 118 valence electrons. The molecule has 21 heavy (non-hydrogen) atoms. The van der Waals surface area contributed by atoms with Gasteiger partial charge in [0.25, 0.3) is 0 Å². The first-order valence-electron chi connectivity index (χ1n) is 7.15. The summed E-state index contributed by atoms with van der Waals surface area (Å²) in [6.07, 6.45) is 2.34. The van der Waals surface area contributed by atoms with E-state index in [2.05, 4.69) is 5.32 Å². The molecule has 1 heterocycles. The van der Waals surface area contributed by atoms with Gasteiger partial charge in [0.1, 0.15) is 11.5 Å². The van der Waals surface area contributed by atoms with Crippen molar-refractivity contribution in [3.8, 4) is 11.5 Å². The SMILES string of the molecule is CNC(c1c(OC)cccc1OC)C1CCCCS1(=O)=O. The van der Waals surface area contributed by atoms with E-state index in [0.717, 1.165) is 18.4 Å². The minimum absolute atomic E-state index is 0.257. The molecule has 0 aliphatic carbocycles. The summed E-state index contributed by atoms with van der Waals surface area (Å²) in [5.74, 6) is 1.55. The van der Waals surface area contributed by atoms with E-state index in [4.69, 9.17) is 9.47 Å². The molecule has 1 saturated heterocycles. The predicted octanol–water partition coefficient (Wildman–Crippen LogP) is 1.93. The molecule has 2 atom stereocenters. The van der Waals surface area contributed by atoms with Crippen molar-refractivity contribution in [3.05, 3.63) is 23.8 Å². The van der Waals surface area contributed by atoms with E-state index in [-0.39, 0.29) is 11.8 Å². The molecule has 0 bridgehead atoms. The lowest BCUT2D eigenvalue weighted by atomic mass is 9.97. The Balaban J connectivity index is 2.51. The second-order valence-electron chi connectivity index (χ2n) is 5.24. The Hall–Kier alpha value is -1.27. The Morgan fingerprint density at radius 1 is 1.19 bits per heavy atom. The summed E-state index contributed by atoms with van der Waals surface area (Å²) in [7, 11) is 1.84. The van der Waals surface area contributed by atoms with Gasteiger partial charge in [0, 0.05) is 0 Å². The average molecular weight is 313 g/mol. The normalized spacial score (nSPS) is 22.5. The van der Waals surface area contributed by atoms with Gasteiger partial charge in [-0.3, -0.25) is 0 Å². The third kappa shape index (κ3) is 3.16. The van der Waals surface area contributed by atoms with Crippen LogP contribution >= 0.6 is 0 Å². The Bertz CT molecular complexity index is 563. The zero-order chi connectivity index (χ0) is 15.5. The number of hydrogen-bond acceptors (Lipinski definition) is 5. The third-order valence-corrected chi connectivity index (χ3v) is 6.38. The van der Waals surface area contributed by atoms with E-state index in [9.17, 15) is 8.42 Å². The van der Waals surface area contributed by atoms with Crippen LogP contribution < -0.4 is 14.8 Å². The summed E-state index contributed by atoms with van der Waals surface area (Å²) in [6.45, 7) is 0. The number of methoxy groups -OCH3 is 2. The predicted molar refractivity (Wildman–Crippen MR) is 82.8 cm³/mol. The van der Waals surface area contributed by atoms with Gasteiger partial charge in [0.15, 0.2) is 9.84 Å². The van der Waals surface area contributed by atoms with Crippen LogP contribution in [0.3, 0.4) is 0 Å². The van der Waals surface area contributed by atoms with Crippen molar-refractivity contribution in [2.45, 2.75) is 30.6 Å². The Morgan fingerprint density at radius 2 is 1.81 bits per heavy atom. The van der Waals surface area contributed by atoms with Crippen molar-refractivity contribution < 1.29 is 17.9 Å². The molecule has 0 spiro atoms. The number of rotatable bonds is 5. The first-order valence-corrected chi connectivity index (χ1v) is 8.86. The summed E-state index contributed by atoms with van der Waals surface area (Å²) < 4.78 is 35.7. The minimum Gasteiger partial charge on any atom is -0.496 e. The van der Waals surface area contributed by atoms with Crippen LogP contribution in [0.25, 0.3) is 0 Å². The van der Waals surface area contributed by atoms with Crippen LogP contribution in [0.1, 0.15) is 30.9 Å². The quantitative estimate of drug-likeness (QED) is 0.900. The maximum absolute atomic E-state index is 12.4. The fraction of sp³-hybridized carbons (Fsp3) is 0.600. The lowest BCUT2D eigenvalue weighted by molar-refractivity contribution is 0.366. The highest BCUT2D eigenvalue weighted by molar-refractivity contribution is 7.92. The summed E-state index contributed by atoms with van der Waals surface area (Å²) in [4.78, 5) is 0. The van der Waals surface area contributed by atoms with Crippen LogP contribution in [-0.4, -0.2) is 40.7 Å². The minimum atomic E-state index is -3.11. The average Bonchev–Trinajstić information content (AvgIpc) is 2.49. The van der Waals surface area contributed by atoms with Crippen LogP contribution in [0.5, 0.6) is 11.5 Å². The smallest absolute Gasteiger partial charge is 0.155 e. The van der Waals surface area contributed by atoms with Gasteiger partial charge in [-0.1, -0.05) is 12.5 Å². The molecule has 1 N–H and O–H groups in total. The van der Waals surface area contributed by atoms with E-state index >= 15 is 0 Å². The lowest BCUT2D eigenvalue weighted by Gasteiger charge is -2.31. The molecule has 0 aromatic heterocycles. The fourth-order valence-corrected chi connectivity index (χ4v) is 5.18. The highest BCUT2D eigenvalue weighted by atomic mass is 32.2. The topological polar surface area (TPSA) is 64.6 Å². The molecule has 1 aromatic rings. The zero-order valence-electron chi connectivity index (χ0n) is 12.8. The number of sulfone groups is 1. The number of benzene rings is 1. The third-order valence-electron chi connectivity index (χ3n) is 4.09. The summed E-state index contributed by atoms with van der Waals surface area (Å²) in [6, 6.07) is 5.17. The summed E-state index contributed by atoms with van der Waals surface area (Å²) in [5.41, 5.74) is 0.778. The van der Waals surface area contributed by atoms with Gasteiger partial charge in [-0.05, 0) is 32.0 Å². The Labute approximate surface area is 126 Å². The number of ether oxygens (including phenoxy) is 2. The standard InChI is InChI=1S/C15H23NO4S/c1-16-15(13-9-4-5-10-21(13,17)18)14-11(19-2)7-6-8-12(14)20-3/h6-8,13,15-16H,4-5,9-10H2,1-3H3. The van der Waals surface area contributed by atoms with Gasteiger partial charge < -0.3 is 14.8 Å². The van der Waals surface area contributed by atoms with E-state index in [1.54, 1.807) is 21.3 Å². The van der Waals surface area contributed by atoms with Crippen molar-refractivity contribution in [3.63, 3.8) is 0 Å². The molecule has 1 fully saturated rings. The van der Waals surface area contributed by atoms with Crippen molar-refractivity contribution >= 4 is 9.84 Å². The largest absolute Gasteiger partial charge is 0.496 e. The molecule has 0 amide bonds. The summed E-state index contributed by atoms with van der Waals surface area (Å²) >= 11 is 0. The van der Waals surface area contributed by atoms with Gasteiger partial charge in [-0.2, -0.15) is 0 Å². The van der Waals surface area contributed by atoms with Crippen LogP contribution in [0.4, 0.5) is 0 Å². The first-order chi connectivity index (χ1) is 10.0. The number of nitrogens with one attached hydrogen (secondary N) is 1. The highest BCUT2D eigenvalue weighted by Crippen LogP contribution is 2.39. The van der Waals surface area contributed by atoms with E-state index < -0.39 is 15.1 Å². The molecular weight excluding hydrogens is 290 g/mol. The molecule has 2 unspecified atom stereocenters. The Morgan fingerprint density at radius 3 is 2.29 bits per heavy atom. The molecule has 6 heteroatoms. The number of hydrogen-bond donors (Lipinski definition) is 1. The maximum Gasteiger partial charge on any atom is 0.155 e. The van der Waals surface area contributed by atoms with Gasteiger partial charge in [-0.15, -0.1) is 0 Å². The van der Waals surface area contributed by atoms with Gasteiger partial charge in [0.2, 0.25) is 0 Å².